The standard InChI is InChI=1S/C10H9NS2/c1-8-2-4-9(5-3-8)13-10-11-6-7-12-10/h2-7H,1H3. The summed E-state index contributed by atoms with van der Waals surface area (Å²) >= 11 is 3.38. The van der Waals surface area contributed by atoms with Crippen molar-refractivity contribution in [3.8, 4) is 0 Å². The summed E-state index contributed by atoms with van der Waals surface area (Å²) in [5.74, 6) is 0. The van der Waals surface area contributed by atoms with Crippen molar-refractivity contribution >= 4 is 23.1 Å². The van der Waals surface area contributed by atoms with E-state index in [2.05, 4.69) is 36.2 Å². The van der Waals surface area contributed by atoms with Crippen LogP contribution >= 0.6 is 23.1 Å². The first-order valence-corrected chi connectivity index (χ1v) is 5.68. The predicted octanol–water partition coefficient (Wildman–Crippen LogP) is 3.60. The summed E-state index contributed by atoms with van der Waals surface area (Å²) in [7, 11) is 0. The lowest BCUT2D eigenvalue weighted by Crippen LogP contribution is -1.73. The molecule has 0 saturated carbocycles. The number of aromatic nitrogens is 1. The molecule has 1 aromatic carbocycles. The zero-order chi connectivity index (χ0) is 9.10. The normalized spacial score (nSPS) is 10.2. The zero-order valence-electron chi connectivity index (χ0n) is 7.23. The molecule has 1 aromatic heterocycles. The Hall–Kier alpha value is -0.800. The lowest BCUT2D eigenvalue weighted by Gasteiger charge is -1.97. The van der Waals surface area contributed by atoms with Crippen LogP contribution in [0, 0.1) is 6.92 Å². The fourth-order valence-corrected chi connectivity index (χ4v) is 2.56. The summed E-state index contributed by atoms with van der Waals surface area (Å²) < 4.78 is 1.10. The average Bonchev–Trinajstić information content (AvgIpc) is 2.62. The van der Waals surface area contributed by atoms with Crippen LogP contribution in [-0.4, -0.2) is 4.98 Å². The van der Waals surface area contributed by atoms with E-state index >= 15 is 0 Å². The highest BCUT2D eigenvalue weighted by atomic mass is 32.2. The summed E-state index contributed by atoms with van der Waals surface area (Å²) in [5, 5.41) is 2.00. The largest absolute Gasteiger partial charge is 0.238 e. The maximum atomic E-state index is 4.22. The number of hydrogen-bond donors (Lipinski definition) is 0. The van der Waals surface area contributed by atoms with E-state index in [-0.39, 0.29) is 0 Å². The van der Waals surface area contributed by atoms with Crippen LogP contribution in [0.2, 0.25) is 0 Å². The van der Waals surface area contributed by atoms with Crippen LogP contribution < -0.4 is 0 Å². The molecule has 0 atom stereocenters. The third-order valence-electron chi connectivity index (χ3n) is 1.64. The van der Waals surface area contributed by atoms with Gasteiger partial charge in [0.1, 0.15) is 0 Å². The lowest BCUT2D eigenvalue weighted by molar-refractivity contribution is 1.24. The number of rotatable bonds is 2. The highest BCUT2D eigenvalue weighted by Crippen LogP contribution is 2.28. The van der Waals surface area contributed by atoms with Crippen LogP contribution in [0.4, 0.5) is 0 Å². The van der Waals surface area contributed by atoms with Crippen molar-refractivity contribution in [3.05, 3.63) is 41.4 Å². The number of aryl methyl sites for hydroxylation is 1. The van der Waals surface area contributed by atoms with Gasteiger partial charge in [0.15, 0.2) is 4.34 Å². The minimum atomic E-state index is 1.10. The van der Waals surface area contributed by atoms with Gasteiger partial charge in [-0.2, -0.15) is 0 Å². The fourth-order valence-electron chi connectivity index (χ4n) is 0.968. The van der Waals surface area contributed by atoms with E-state index in [1.165, 1.54) is 10.5 Å². The highest BCUT2D eigenvalue weighted by molar-refractivity contribution is 8.01. The molecule has 0 bridgehead atoms. The van der Waals surface area contributed by atoms with Gasteiger partial charge in [-0.15, -0.1) is 11.3 Å². The van der Waals surface area contributed by atoms with Crippen LogP contribution in [0.5, 0.6) is 0 Å². The monoisotopic (exact) mass is 207 g/mol. The van der Waals surface area contributed by atoms with Gasteiger partial charge in [0.2, 0.25) is 0 Å². The quantitative estimate of drug-likeness (QED) is 0.746. The molecule has 66 valence electrons. The second kappa shape index (κ2) is 3.94. The molecule has 1 heterocycles. The Morgan fingerprint density at radius 1 is 1.23 bits per heavy atom. The van der Waals surface area contributed by atoms with Gasteiger partial charge < -0.3 is 0 Å². The molecule has 2 rings (SSSR count). The van der Waals surface area contributed by atoms with E-state index in [1.54, 1.807) is 23.1 Å². The van der Waals surface area contributed by atoms with Crippen molar-refractivity contribution in [2.24, 2.45) is 0 Å². The fraction of sp³-hybridized carbons (Fsp3) is 0.100. The first-order chi connectivity index (χ1) is 6.34. The van der Waals surface area contributed by atoms with Crippen molar-refractivity contribution in [2.45, 2.75) is 16.2 Å². The van der Waals surface area contributed by atoms with E-state index < -0.39 is 0 Å². The second-order valence-electron chi connectivity index (χ2n) is 2.71. The van der Waals surface area contributed by atoms with E-state index in [1.807, 2.05) is 11.6 Å². The minimum Gasteiger partial charge on any atom is -0.238 e. The van der Waals surface area contributed by atoms with E-state index in [0.29, 0.717) is 0 Å². The molecule has 0 aliphatic carbocycles. The molecule has 0 aliphatic rings. The van der Waals surface area contributed by atoms with Crippen LogP contribution in [0.15, 0.2) is 45.1 Å². The Morgan fingerprint density at radius 2 is 2.00 bits per heavy atom. The maximum Gasteiger partial charge on any atom is 0.154 e. The molecule has 1 nitrogen and oxygen atoms in total. The van der Waals surface area contributed by atoms with E-state index in [9.17, 15) is 0 Å². The molecule has 0 unspecified atom stereocenters. The van der Waals surface area contributed by atoms with Crippen molar-refractivity contribution in [2.75, 3.05) is 0 Å². The SMILES string of the molecule is Cc1ccc(Sc2nccs2)cc1. The number of benzene rings is 1. The molecule has 3 heteroatoms. The lowest BCUT2D eigenvalue weighted by atomic mass is 10.2. The van der Waals surface area contributed by atoms with Crippen molar-refractivity contribution in [1.29, 1.82) is 0 Å². The van der Waals surface area contributed by atoms with Crippen molar-refractivity contribution in [3.63, 3.8) is 0 Å². The van der Waals surface area contributed by atoms with Gasteiger partial charge in [0.25, 0.3) is 0 Å². The molecular formula is C10H9NS2. The van der Waals surface area contributed by atoms with Crippen LogP contribution in [0.3, 0.4) is 0 Å². The Bertz CT molecular complexity index is 364. The molecule has 0 amide bonds. The topological polar surface area (TPSA) is 12.9 Å². The van der Waals surface area contributed by atoms with Gasteiger partial charge in [-0.25, -0.2) is 4.98 Å². The van der Waals surface area contributed by atoms with Gasteiger partial charge in [0.05, 0.1) is 0 Å². The molecular weight excluding hydrogens is 198 g/mol. The average molecular weight is 207 g/mol. The first-order valence-electron chi connectivity index (χ1n) is 3.98. The van der Waals surface area contributed by atoms with Crippen LogP contribution in [0.25, 0.3) is 0 Å². The zero-order valence-corrected chi connectivity index (χ0v) is 8.86. The summed E-state index contributed by atoms with van der Waals surface area (Å²) in [6.45, 7) is 2.10. The third kappa shape index (κ3) is 2.32. The van der Waals surface area contributed by atoms with Crippen LogP contribution in [-0.2, 0) is 0 Å². The minimum absolute atomic E-state index is 1.10. The predicted molar refractivity (Wildman–Crippen MR) is 57.4 cm³/mol. The summed E-state index contributed by atoms with van der Waals surface area (Å²) in [4.78, 5) is 5.47. The Kier molecular flexibility index (Phi) is 2.66. The van der Waals surface area contributed by atoms with Gasteiger partial charge in [-0.3, -0.25) is 0 Å². The Morgan fingerprint density at radius 3 is 2.62 bits per heavy atom. The molecule has 0 N–H and O–H groups in total. The van der Waals surface area contributed by atoms with Gasteiger partial charge >= 0.3 is 0 Å². The van der Waals surface area contributed by atoms with Crippen molar-refractivity contribution in [1.82, 2.24) is 4.98 Å². The number of hydrogen-bond acceptors (Lipinski definition) is 3. The molecule has 0 radical (unpaired) electrons. The highest BCUT2D eigenvalue weighted by Gasteiger charge is 1.97. The van der Waals surface area contributed by atoms with Gasteiger partial charge in [-0.05, 0) is 19.1 Å². The van der Waals surface area contributed by atoms with Gasteiger partial charge in [-0.1, -0.05) is 29.5 Å². The number of nitrogens with zero attached hydrogens (tertiary/aromatic N) is 1. The van der Waals surface area contributed by atoms with Crippen molar-refractivity contribution < 1.29 is 0 Å². The summed E-state index contributed by atoms with van der Waals surface area (Å²) in [6.07, 6.45) is 1.83. The van der Waals surface area contributed by atoms with E-state index in [4.69, 9.17) is 0 Å². The molecule has 0 fully saturated rings. The smallest absolute Gasteiger partial charge is 0.154 e. The van der Waals surface area contributed by atoms with E-state index in [0.717, 1.165) is 4.34 Å². The Balaban J connectivity index is 2.15. The van der Waals surface area contributed by atoms with Crippen LogP contribution in [0.1, 0.15) is 5.56 Å². The molecule has 0 aliphatic heterocycles. The maximum absolute atomic E-state index is 4.22. The number of thiazole rings is 1. The third-order valence-corrected chi connectivity index (χ3v) is 3.53. The molecule has 13 heavy (non-hydrogen) atoms. The summed E-state index contributed by atoms with van der Waals surface area (Å²) in [5.41, 5.74) is 1.29. The first kappa shape index (κ1) is 8.78. The Labute approximate surface area is 85.8 Å². The van der Waals surface area contributed by atoms with Gasteiger partial charge in [0, 0.05) is 16.5 Å². The molecule has 2 aromatic rings. The molecule has 0 spiro atoms. The summed E-state index contributed by atoms with van der Waals surface area (Å²) in [6, 6.07) is 8.49. The molecule has 0 saturated heterocycles. The second-order valence-corrected chi connectivity index (χ2v) is 4.93.